The van der Waals surface area contributed by atoms with E-state index in [0.29, 0.717) is 18.7 Å². The summed E-state index contributed by atoms with van der Waals surface area (Å²) in [5.74, 6) is 0.530. The van der Waals surface area contributed by atoms with E-state index < -0.39 is 6.72 Å². The van der Waals surface area contributed by atoms with Crippen LogP contribution in [0, 0.1) is 5.92 Å². The molecule has 0 radical (unpaired) electrons. The summed E-state index contributed by atoms with van der Waals surface area (Å²) >= 11 is 5.61. The average molecular weight is 199 g/mol. The lowest BCUT2D eigenvalue weighted by atomic mass is 10.2. The van der Waals surface area contributed by atoms with Crippen molar-refractivity contribution in [3.63, 3.8) is 0 Å². The standard InChI is InChI=1S/C7H16ClO2P/c1-4-10-11(8,9)6-5-7(2)3/h7H,4-6H2,1-3H3. The molecule has 1 atom stereocenters. The van der Waals surface area contributed by atoms with Crippen LogP contribution in [0.1, 0.15) is 27.2 Å². The van der Waals surface area contributed by atoms with Crippen molar-refractivity contribution in [2.45, 2.75) is 27.2 Å². The molecule has 0 aromatic rings. The molecule has 0 bridgehead atoms. The Morgan fingerprint density at radius 2 is 2.09 bits per heavy atom. The van der Waals surface area contributed by atoms with Crippen molar-refractivity contribution >= 4 is 18.0 Å². The first-order chi connectivity index (χ1) is 4.98. The Labute approximate surface area is 73.5 Å². The maximum atomic E-state index is 11.3. The van der Waals surface area contributed by atoms with E-state index in [-0.39, 0.29) is 0 Å². The van der Waals surface area contributed by atoms with Crippen LogP contribution in [0.2, 0.25) is 0 Å². The van der Waals surface area contributed by atoms with Gasteiger partial charge in [-0.2, -0.15) is 0 Å². The molecule has 0 aromatic carbocycles. The number of hydrogen-bond acceptors (Lipinski definition) is 2. The smallest absolute Gasteiger partial charge is 0.290 e. The Hall–Kier alpha value is 0.480. The zero-order valence-corrected chi connectivity index (χ0v) is 8.99. The molecule has 4 heteroatoms. The quantitative estimate of drug-likeness (QED) is 0.632. The lowest BCUT2D eigenvalue weighted by Gasteiger charge is -2.10. The van der Waals surface area contributed by atoms with Crippen LogP contribution in [-0.4, -0.2) is 12.8 Å². The molecule has 0 amide bonds. The van der Waals surface area contributed by atoms with Gasteiger partial charge >= 0.3 is 0 Å². The van der Waals surface area contributed by atoms with Crippen molar-refractivity contribution in [2.75, 3.05) is 12.8 Å². The van der Waals surface area contributed by atoms with Gasteiger partial charge < -0.3 is 4.52 Å². The van der Waals surface area contributed by atoms with E-state index in [2.05, 4.69) is 13.8 Å². The largest absolute Gasteiger partial charge is 0.318 e. The molecule has 0 fully saturated rings. The summed E-state index contributed by atoms with van der Waals surface area (Å²) in [5.41, 5.74) is 0. The van der Waals surface area contributed by atoms with E-state index in [1.165, 1.54) is 0 Å². The Kier molecular flexibility index (Phi) is 5.41. The van der Waals surface area contributed by atoms with Gasteiger partial charge in [0, 0.05) is 6.16 Å². The molecule has 0 aliphatic carbocycles. The second-order valence-corrected chi connectivity index (χ2v) is 6.35. The first-order valence-electron chi connectivity index (χ1n) is 3.91. The molecular weight excluding hydrogens is 183 g/mol. The van der Waals surface area contributed by atoms with Crippen LogP contribution in [-0.2, 0) is 9.09 Å². The van der Waals surface area contributed by atoms with Gasteiger partial charge in [0.25, 0.3) is 6.72 Å². The fourth-order valence-corrected chi connectivity index (χ4v) is 2.59. The second kappa shape index (κ2) is 5.18. The first-order valence-corrected chi connectivity index (χ1v) is 6.62. The molecule has 0 aromatic heterocycles. The van der Waals surface area contributed by atoms with Crippen molar-refractivity contribution in [2.24, 2.45) is 5.92 Å². The van der Waals surface area contributed by atoms with Gasteiger partial charge in [-0.15, -0.1) is 0 Å². The third kappa shape index (κ3) is 6.86. The molecule has 0 spiro atoms. The fourth-order valence-electron chi connectivity index (χ4n) is 0.670. The maximum Gasteiger partial charge on any atom is 0.290 e. The van der Waals surface area contributed by atoms with Gasteiger partial charge in [-0.05, 0) is 30.5 Å². The molecule has 2 nitrogen and oxygen atoms in total. The predicted molar refractivity (Wildman–Crippen MR) is 49.4 cm³/mol. The van der Waals surface area contributed by atoms with Crippen LogP contribution in [0.25, 0.3) is 0 Å². The molecule has 0 aliphatic rings. The van der Waals surface area contributed by atoms with Gasteiger partial charge in [-0.1, -0.05) is 13.8 Å². The van der Waals surface area contributed by atoms with Crippen LogP contribution in [0.5, 0.6) is 0 Å². The number of rotatable bonds is 5. The van der Waals surface area contributed by atoms with Crippen molar-refractivity contribution in [3.8, 4) is 0 Å². The van der Waals surface area contributed by atoms with Crippen molar-refractivity contribution in [3.05, 3.63) is 0 Å². The van der Waals surface area contributed by atoms with Crippen LogP contribution >= 0.6 is 18.0 Å². The van der Waals surface area contributed by atoms with Crippen LogP contribution in [0.3, 0.4) is 0 Å². The molecule has 11 heavy (non-hydrogen) atoms. The number of halogens is 1. The summed E-state index contributed by atoms with van der Waals surface area (Å²) in [6.07, 6.45) is 1.35. The van der Waals surface area contributed by atoms with Crippen LogP contribution in [0.4, 0.5) is 0 Å². The highest BCUT2D eigenvalue weighted by atomic mass is 35.7. The molecule has 0 rings (SSSR count). The molecule has 68 valence electrons. The normalized spacial score (nSPS) is 16.8. The molecule has 0 saturated heterocycles. The molecule has 0 aliphatic heterocycles. The predicted octanol–water partition coefficient (Wildman–Crippen LogP) is 3.50. The Morgan fingerprint density at radius 1 is 1.55 bits per heavy atom. The van der Waals surface area contributed by atoms with Gasteiger partial charge in [0.15, 0.2) is 0 Å². The summed E-state index contributed by atoms with van der Waals surface area (Å²) in [4.78, 5) is 0. The van der Waals surface area contributed by atoms with Crippen molar-refractivity contribution in [1.29, 1.82) is 0 Å². The summed E-state index contributed by atoms with van der Waals surface area (Å²) in [6.45, 7) is 3.60. The Balaban J connectivity index is 3.64. The SMILES string of the molecule is CCOP(=O)(Cl)CCC(C)C. The van der Waals surface area contributed by atoms with E-state index in [1.54, 1.807) is 6.92 Å². The Morgan fingerprint density at radius 3 is 2.45 bits per heavy atom. The summed E-state index contributed by atoms with van der Waals surface area (Å²) in [7, 11) is 0. The van der Waals surface area contributed by atoms with Crippen molar-refractivity contribution < 1.29 is 9.09 Å². The summed E-state index contributed by atoms with van der Waals surface area (Å²) < 4.78 is 16.2. The minimum atomic E-state index is -2.77. The molecule has 1 unspecified atom stereocenters. The highest BCUT2D eigenvalue weighted by molar-refractivity contribution is 7.85. The maximum absolute atomic E-state index is 11.3. The van der Waals surface area contributed by atoms with E-state index in [9.17, 15) is 4.57 Å². The summed E-state index contributed by atoms with van der Waals surface area (Å²) in [6, 6.07) is 0. The van der Waals surface area contributed by atoms with Gasteiger partial charge in [-0.25, -0.2) is 0 Å². The van der Waals surface area contributed by atoms with Gasteiger partial charge in [0.05, 0.1) is 6.61 Å². The molecule has 0 N–H and O–H groups in total. The van der Waals surface area contributed by atoms with Crippen molar-refractivity contribution in [1.82, 2.24) is 0 Å². The van der Waals surface area contributed by atoms with Crippen LogP contribution in [0.15, 0.2) is 0 Å². The highest BCUT2D eigenvalue weighted by Gasteiger charge is 2.18. The zero-order valence-electron chi connectivity index (χ0n) is 7.34. The van der Waals surface area contributed by atoms with Crippen LogP contribution < -0.4 is 0 Å². The van der Waals surface area contributed by atoms with E-state index in [0.717, 1.165) is 6.42 Å². The average Bonchev–Trinajstić information content (AvgIpc) is 1.84. The van der Waals surface area contributed by atoms with Gasteiger partial charge in [0.1, 0.15) is 0 Å². The summed E-state index contributed by atoms with van der Waals surface area (Å²) in [5, 5.41) is 0. The third-order valence-electron chi connectivity index (χ3n) is 1.30. The van der Waals surface area contributed by atoms with E-state index in [1.807, 2.05) is 0 Å². The van der Waals surface area contributed by atoms with Gasteiger partial charge in [0.2, 0.25) is 0 Å². The first kappa shape index (κ1) is 11.5. The van der Waals surface area contributed by atoms with E-state index in [4.69, 9.17) is 15.8 Å². The molecule has 0 heterocycles. The minimum absolute atomic E-state index is 0.429. The second-order valence-electron chi connectivity index (χ2n) is 2.91. The minimum Gasteiger partial charge on any atom is -0.318 e. The topological polar surface area (TPSA) is 26.3 Å². The third-order valence-corrected chi connectivity index (χ3v) is 3.53. The molecular formula is C7H16ClO2P. The molecule has 0 saturated carbocycles. The lowest BCUT2D eigenvalue weighted by molar-refractivity contribution is 0.342. The monoisotopic (exact) mass is 198 g/mol. The number of hydrogen-bond donors (Lipinski definition) is 0. The zero-order chi connectivity index (χ0) is 8.91. The lowest BCUT2D eigenvalue weighted by Crippen LogP contribution is -1.94. The van der Waals surface area contributed by atoms with E-state index >= 15 is 0 Å². The Bertz CT molecular complexity index is 147. The van der Waals surface area contributed by atoms with Gasteiger partial charge in [-0.3, -0.25) is 4.57 Å². The fraction of sp³-hybridized carbons (Fsp3) is 1.00. The highest BCUT2D eigenvalue weighted by Crippen LogP contribution is 2.53.